The van der Waals surface area contributed by atoms with E-state index in [4.69, 9.17) is 45.6 Å². The Morgan fingerprint density at radius 2 is 1.17 bits per heavy atom. The number of nitrogens with one attached hydrogen (secondary N) is 1. The standard InChI is InChI=1S/C18H16ClNO3.C11H13NO2.C7H4Cl2O.ClH/c1-10-8-11-6-7-16(14(11)9-13(10)18(22)23)20-17(21)12-4-2-3-5-15(12)19;1-6-4-7-2-3-10(12)9(7)5-8(6)11(13)14;8-6-4-2-1-3-5(6)7(9)10;/h2-5,8-9,16H,6-7H2,1H3,(H,20,21)(H,22,23);4-5,10H,2-3,12H2,1H3,(H,13,14);1-4H;1H/t16-;10-;;/m11../s1. The summed E-state index contributed by atoms with van der Waals surface area (Å²) in [7, 11) is 0. The van der Waals surface area contributed by atoms with E-state index in [1.807, 2.05) is 19.1 Å². The molecule has 48 heavy (non-hydrogen) atoms. The summed E-state index contributed by atoms with van der Waals surface area (Å²) in [6.07, 6.45) is 3.48. The highest BCUT2D eigenvalue weighted by Crippen LogP contribution is 2.34. The molecule has 0 aliphatic heterocycles. The third-order valence-electron chi connectivity index (χ3n) is 8.14. The molecule has 8 nitrogen and oxygen atoms in total. The molecule has 0 aromatic heterocycles. The van der Waals surface area contributed by atoms with Crippen LogP contribution in [0.2, 0.25) is 10.0 Å². The third-order valence-corrected chi connectivity index (χ3v) is 9.01. The summed E-state index contributed by atoms with van der Waals surface area (Å²) in [6.45, 7) is 3.62. The minimum atomic E-state index is -0.951. The number of hydrogen-bond donors (Lipinski definition) is 4. The Morgan fingerprint density at radius 1 is 0.708 bits per heavy atom. The van der Waals surface area contributed by atoms with Gasteiger partial charge in [-0.1, -0.05) is 59.6 Å². The summed E-state index contributed by atoms with van der Waals surface area (Å²) in [6, 6.07) is 20.6. The van der Waals surface area contributed by atoms with Crippen LogP contribution in [0.25, 0.3) is 0 Å². The Balaban J connectivity index is 0.000000213. The van der Waals surface area contributed by atoms with Crippen molar-refractivity contribution < 1.29 is 29.4 Å². The smallest absolute Gasteiger partial charge is 0.335 e. The summed E-state index contributed by atoms with van der Waals surface area (Å²) < 4.78 is 0. The number of carboxylic acid groups (broad SMARTS) is 2. The van der Waals surface area contributed by atoms with Crippen molar-refractivity contribution >= 4 is 70.3 Å². The first kappa shape index (κ1) is 38.5. The number of aryl methyl sites for hydroxylation is 4. The first-order chi connectivity index (χ1) is 22.3. The van der Waals surface area contributed by atoms with Crippen LogP contribution in [-0.2, 0) is 12.8 Å². The van der Waals surface area contributed by atoms with Gasteiger partial charge in [0.15, 0.2) is 0 Å². The molecule has 0 bridgehead atoms. The molecule has 2 atom stereocenters. The number of fused-ring (bicyclic) bond motifs is 2. The second-order valence-corrected chi connectivity index (χ2v) is 12.4. The van der Waals surface area contributed by atoms with Crippen LogP contribution in [0.5, 0.6) is 0 Å². The SMILES string of the molecule is Cc1cc2c(cc1C(=O)O)[C@H](N)CC2.Cc1cc2c(cc1C(=O)O)[C@H](NC(=O)c1ccccc1Cl)CC2.Cl.O=C(Cl)c1ccccc1Cl. The fraction of sp³-hybridized carbons (Fsp3) is 0.222. The highest BCUT2D eigenvalue weighted by atomic mass is 35.5. The quantitative estimate of drug-likeness (QED) is 0.150. The lowest BCUT2D eigenvalue weighted by Gasteiger charge is -2.16. The van der Waals surface area contributed by atoms with Crippen molar-refractivity contribution in [2.75, 3.05) is 0 Å². The van der Waals surface area contributed by atoms with Gasteiger partial charge in [0.25, 0.3) is 11.1 Å². The predicted octanol–water partition coefficient (Wildman–Crippen LogP) is 8.54. The van der Waals surface area contributed by atoms with Crippen LogP contribution >= 0.6 is 47.2 Å². The molecule has 2 aliphatic carbocycles. The summed E-state index contributed by atoms with van der Waals surface area (Å²) in [5.41, 5.74) is 13.1. The first-order valence-electron chi connectivity index (χ1n) is 14.8. The van der Waals surface area contributed by atoms with Gasteiger partial charge in [0.05, 0.1) is 38.3 Å². The van der Waals surface area contributed by atoms with Gasteiger partial charge in [0.2, 0.25) is 0 Å². The van der Waals surface area contributed by atoms with Crippen LogP contribution in [0.15, 0.2) is 72.8 Å². The zero-order valence-corrected chi connectivity index (χ0v) is 29.1. The molecule has 6 rings (SSSR count). The molecule has 0 heterocycles. The maximum Gasteiger partial charge on any atom is 0.335 e. The van der Waals surface area contributed by atoms with Gasteiger partial charge in [0.1, 0.15) is 0 Å². The molecule has 12 heteroatoms. The van der Waals surface area contributed by atoms with Gasteiger partial charge < -0.3 is 21.3 Å². The minimum absolute atomic E-state index is 0. The van der Waals surface area contributed by atoms with E-state index in [1.54, 1.807) is 67.6 Å². The molecule has 4 aromatic rings. The maximum absolute atomic E-state index is 12.4. The molecule has 0 saturated carbocycles. The van der Waals surface area contributed by atoms with E-state index >= 15 is 0 Å². The highest BCUT2D eigenvalue weighted by Gasteiger charge is 2.27. The molecular formula is C36H34Cl4N2O6. The van der Waals surface area contributed by atoms with Gasteiger partial charge in [0, 0.05) is 6.04 Å². The normalized spacial score (nSPS) is 15.3. The molecule has 4 aromatic carbocycles. The highest BCUT2D eigenvalue weighted by molar-refractivity contribution is 6.68. The van der Waals surface area contributed by atoms with E-state index in [9.17, 15) is 24.3 Å². The third kappa shape index (κ3) is 9.15. The molecule has 0 fully saturated rings. The Hall–Kier alpha value is -3.92. The zero-order valence-electron chi connectivity index (χ0n) is 26.1. The Morgan fingerprint density at radius 3 is 1.65 bits per heavy atom. The van der Waals surface area contributed by atoms with Crippen molar-refractivity contribution in [2.24, 2.45) is 5.73 Å². The van der Waals surface area contributed by atoms with E-state index in [-0.39, 0.29) is 36.0 Å². The van der Waals surface area contributed by atoms with Gasteiger partial charge in [-0.15, -0.1) is 12.4 Å². The Labute approximate surface area is 299 Å². The number of benzene rings is 4. The van der Waals surface area contributed by atoms with Crippen LogP contribution in [0.4, 0.5) is 0 Å². The number of hydrogen-bond acceptors (Lipinski definition) is 5. The largest absolute Gasteiger partial charge is 0.478 e. The number of carboxylic acids is 2. The van der Waals surface area contributed by atoms with Crippen LogP contribution in [0.3, 0.4) is 0 Å². The van der Waals surface area contributed by atoms with Crippen molar-refractivity contribution in [1.29, 1.82) is 0 Å². The number of carbonyl (C=O) groups is 4. The zero-order chi connectivity index (χ0) is 34.4. The summed E-state index contributed by atoms with van der Waals surface area (Å²) in [5, 5.41) is 21.4. The van der Waals surface area contributed by atoms with Crippen molar-refractivity contribution in [3.63, 3.8) is 0 Å². The number of rotatable bonds is 5. The minimum Gasteiger partial charge on any atom is -0.478 e. The molecule has 1 amide bonds. The summed E-state index contributed by atoms with van der Waals surface area (Å²) >= 11 is 16.9. The number of halogens is 4. The van der Waals surface area contributed by atoms with E-state index in [0.717, 1.165) is 53.5 Å². The van der Waals surface area contributed by atoms with Crippen LogP contribution in [0.1, 0.15) is 99.7 Å². The topological polar surface area (TPSA) is 147 Å². The lowest BCUT2D eigenvalue weighted by Crippen LogP contribution is -2.27. The molecule has 252 valence electrons. The molecule has 2 aliphatic rings. The van der Waals surface area contributed by atoms with Gasteiger partial charge in [-0.25, -0.2) is 9.59 Å². The number of amides is 1. The lowest BCUT2D eigenvalue weighted by atomic mass is 9.99. The number of nitrogens with two attached hydrogens (primary N) is 1. The van der Waals surface area contributed by atoms with Gasteiger partial charge in [-0.2, -0.15) is 0 Å². The fourth-order valence-electron chi connectivity index (χ4n) is 5.71. The molecule has 0 spiro atoms. The van der Waals surface area contributed by atoms with Crippen molar-refractivity contribution in [1.82, 2.24) is 5.32 Å². The van der Waals surface area contributed by atoms with E-state index in [0.29, 0.717) is 26.7 Å². The second-order valence-electron chi connectivity index (χ2n) is 11.3. The second kappa shape index (κ2) is 17.0. The predicted molar refractivity (Wildman–Crippen MR) is 190 cm³/mol. The van der Waals surface area contributed by atoms with E-state index < -0.39 is 17.2 Å². The van der Waals surface area contributed by atoms with Gasteiger partial charge in [-0.3, -0.25) is 9.59 Å². The maximum atomic E-state index is 12.4. The Bertz CT molecular complexity index is 1860. The number of carbonyl (C=O) groups excluding carboxylic acids is 2. The first-order valence-corrected chi connectivity index (χ1v) is 15.9. The van der Waals surface area contributed by atoms with Crippen molar-refractivity contribution in [3.05, 3.63) is 138 Å². The van der Waals surface area contributed by atoms with Crippen LogP contribution in [-0.4, -0.2) is 33.3 Å². The van der Waals surface area contributed by atoms with Crippen molar-refractivity contribution in [2.45, 2.75) is 51.6 Å². The monoisotopic (exact) mass is 730 g/mol. The molecular weight excluding hydrogens is 698 g/mol. The van der Waals surface area contributed by atoms with Crippen LogP contribution in [0, 0.1) is 13.8 Å². The van der Waals surface area contributed by atoms with Gasteiger partial charge >= 0.3 is 11.9 Å². The molecule has 0 radical (unpaired) electrons. The summed E-state index contributed by atoms with van der Waals surface area (Å²) in [5.74, 6) is -2.07. The lowest BCUT2D eigenvalue weighted by molar-refractivity contribution is 0.0685. The number of aromatic carboxylic acids is 2. The Kier molecular flexibility index (Phi) is 13.6. The van der Waals surface area contributed by atoms with Crippen molar-refractivity contribution in [3.8, 4) is 0 Å². The fourth-order valence-corrected chi connectivity index (χ4v) is 6.36. The summed E-state index contributed by atoms with van der Waals surface area (Å²) in [4.78, 5) is 45.2. The molecule has 0 unspecified atom stereocenters. The van der Waals surface area contributed by atoms with E-state index in [2.05, 4.69) is 5.32 Å². The van der Waals surface area contributed by atoms with Crippen LogP contribution < -0.4 is 11.1 Å². The average Bonchev–Trinajstić information content (AvgIpc) is 3.58. The van der Waals surface area contributed by atoms with Gasteiger partial charge in [-0.05, 0) is 121 Å². The van der Waals surface area contributed by atoms with E-state index in [1.165, 1.54) is 5.56 Å². The molecule has 5 N–H and O–H groups in total. The molecule has 0 saturated heterocycles. The average molecular weight is 732 g/mol.